The highest BCUT2D eigenvalue weighted by Crippen LogP contribution is 2.19. The first-order valence-corrected chi connectivity index (χ1v) is 7.98. The Labute approximate surface area is 115 Å². The van der Waals surface area contributed by atoms with E-state index in [9.17, 15) is 5.11 Å². The van der Waals surface area contributed by atoms with E-state index in [1.807, 2.05) is 19.2 Å². The molecule has 3 heteroatoms. The van der Waals surface area contributed by atoms with E-state index in [-0.39, 0.29) is 0 Å². The van der Waals surface area contributed by atoms with E-state index in [0.29, 0.717) is 12.6 Å². The third-order valence-corrected chi connectivity index (χ3v) is 3.87. The number of benzene rings is 1. The number of hydrogen-bond donors (Lipinski definition) is 2. The Balaban J connectivity index is 2.59. The van der Waals surface area contributed by atoms with Gasteiger partial charge in [0.05, 0.1) is 5.60 Å². The molecule has 1 rings (SSSR count). The lowest BCUT2D eigenvalue weighted by atomic mass is 10.0. The van der Waals surface area contributed by atoms with Crippen molar-refractivity contribution in [2.45, 2.75) is 38.3 Å². The molecule has 102 valence electrons. The molecule has 2 unspecified atom stereocenters. The van der Waals surface area contributed by atoms with Crippen LogP contribution in [0.25, 0.3) is 0 Å². The molecule has 0 aliphatic rings. The second kappa shape index (κ2) is 7.82. The summed E-state index contributed by atoms with van der Waals surface area (Å²) in [6, 6.07) is 10.8. The van der Waals surface area contributed by atoms with E-state index in [2.05, 4.69) is 36.5 Å². The fraction of sp³-hybridized carbons (Fsp3) is 0.600. The lowest BCUT2D eigenvalue weighted by Crippen LogP contribution is -2.41. The molecule has 0 radical (unpaired) electrons. The second-order valence-electron chi connectivity index (χ2n) is 5.06. The molecule has 0 saturated carbocycles. The topological polar surface area (TPSA) is 32.3 Å². The highest BCUT2D eigenvalue weighted by Gasteiger charge is 2.21. The zero-order valence-corrected chi connectivity index (χ0v) is 12.5. The fourth-order valence-corrected chi connectivity index (χ4v) is 2.79. The van der Waals surface area contributed by atoms with Crippen LogP contribution in [0.1, 0.15) is 38.3 Å². The summed E-state index contributed by atoms with van der Waals surface area (Å²) in [4.78, 5) is 0. The van der Waals surface area contributed by atoms with Crippen molar-refractivity contribution >= 4 is 11.8 Å². The number of rotatable bonds is 8. The lowest BCUT2D eigenvalue weighted by molar-refractivity contribution is 0.0809. The minimum absolute atomic E-state index is 0.338. The van der Waals surface area contributed by atoms with Gasteiger partial charge in [-0.15, -0.1) is 0 Å². The van der Waals surface area contributed by atoms with Crippen LogP contribution in [-0.4, -0.2) is 29.3 Å². The molecule has 1 aromatic carbocycles. The van der Waals surface area contributed by atoms with Gasteiger partial charge in [0.15, 0.2) is 0 Å². The average Bonchev–Trinajstić information content (AvgIpc) is 2.35. The van der Waals surface area contributed by atoms with Gasteiger partial charge in [-0.3, -0.25) is 0 Å². The smallest absolute Gasteiger partial charge is 0.0833 e. The zero-order chi connectivity index (χ0) is 13.4. The van der Waals surface area contributed by atoms with Crippen molar-refractivity contribution in [3.8, 4) is 0 Å². The van der Waals surface area contributed by atoms with E-state index in [1.165, 1.54) is 5.56 Å². The fourth-order valence-electron chi connectivity index (χ4n) is 2.07. The molecule has 2 atom stereocenters. The summed E-state index contributed by atoms with van der Waals surface area (Å²) in [5, 5.41) is 13.7. The molecule has 0 saturated heterocycles. The summed E-state index contributed by atoms with van der Waals surface area (Å²) in [6.45, 7) is 4.72. The summed E-state index contributed by atoms with van der Waals surface area (Å²) in [6.07, 6.45) is 4.26. The van der Waals surface area contributed by atoms with Crippen molar-refractivity contribution in [2.75, 3.05) is 18.6 Å². The van der Waals surface area contributed by atoms with Crippen molar-refractivity contribution < 1.29 is 5.11 Å². The Morgan fingerprint density at radius 1 is 1.33 bits per heavy atom. The van der Waals surface area contributed by atoms with Gasteiger partial charge in [-0.2, -0.15) is 11.8 Å². The summed E-state index contributed by atoms with van der Waals surface area (Å²) in [5.41, 5.74) is 0.666. The van der Waals surface area contributed by atoms with Crippen LogP contribution in [0.2, 0.25) is 0 Å². The van der Waals surface area contributed by atoms with E-state index >= 15 is 0 Å². The maximum absolute atomic E-state index is 10.2. The van der Waals surface area contributed by atoms with E-state index in [1.54, 1.807) is 11.8 Å². The Hall–Kier alpha value is -0.510. The minimum atomic E-state index is -0.639. The zero-order valence-electron chi connectivity index (χ0n) is 11.6. The van der Waals surface area contributed by atoms with Crippen LogP contribution >= 0.6 is 11.8 Å². The highest BCUT2D eigenvalue weighted by atomic mass is 32.2. The van der Waals surface area contributed by atoms with Crippen molar-refractivity contribution in [1.29, 1.82) is 0 Å². The van der Waals surface area contributed by atoms with Crippen molar-refractivity contribution in [1.82, 2.24) is 5.32 Å². The summed E-state index contributed by atoms with van der Waals surface area (Å²) >= 11 is 1.68. The van der Waals surface area contributed by atoms with E-state index in [0.717, 1.165) is 18.6 Å². The molecular weight excluding hydrogens is 242 g/mol. The Morgan fingerprint density at radius 3 is 2.56 bits per heavy atom. The van der Waals surface area contributed by atoms with Gasteiger partial charge >= 0.3 is 0 Å². The van der Waals surface area contributed by atoms with Crippen LogP contribution in [-0.2, 0) is 0 Å². The molecule has 0 heterocycles. The molecule has 0 bridgehead atoms. The maximum Gasteiger partial charge on any atom is 0.0833 e. The Kier molecular flexibility index (Phi) is 6.76. The molecule has 1 aromatic rings. The number of nitrogens with one attached hydrogen (secondary N) is 1. The lowest BCUT2D eigenvalue weighted by Gasteiger charge is -2.27. The molecule has 0 aliphatic heterocycles. The first kappa shape index (κ1) is 15.5. The Bertz CT molecular complexity index is 327. The monoisotopic (exact) mass is 267 g/mol. The van der Waals surface area contributed by atoms with Gasteiger partial charge < -0.3 is 10.4 Å². The van der Waals surface area contributed by atoms with Crippen LogP contribution in [0.15, 0.2) is 30.3 Å². The van der Waals surface area contributed by atoms with Crippen LogP contribution in [0, 0.1) is 0 Å². The summed E-state index contributed by atoms with van der Waals surface area (Å²) in [5.74, 6) is 0.758. The van der Waals surface area contributed by atoms with E-state index in [4.69, 9.17) is 0 Å². The third-order valence-electron chi connectivity index (χ3n) is 2.96. The first-order valence-electron chi connectivity index (χ1n) is 6.58. The van der Waals surface area contributed by atoms with Crippen molar-refractivity contribution in [3.05, 3.63) is 35.9 Å². The predicted octanol–water partition coefficient (Wildman–Crippen LogP) is 3.23. The van der Waals surface area contributed by atoms with E-state index < -0.39 is 5.60 Å². The van der Waals surface area contributed by atoms with Crippen LogP contribution in [0.3, 0.4) is 0 Å². The van der Waals surface area contributed by atoms with Crippen molar-refractivity contribution in [3.63, 3.8) is 0 Å². The van der Waals surface area contributed by atoms with Gasteiger partial charge in [-0.05, 0) is 25.2 Å². The number of hydrogen-bond acceptors (Lipinski definition) is 3. The molecule has 0 fully saturated rings. The summed E-state index contributed by atoms with van der Waals surface area (Å²) < 4.78 is 0. The molecule has 0 spiro atoms. The second-order valence-corrected chi connectivity index (χ2v) is 5.93. The average molecular weight is 267 g/mol. The highest BCUT2D eigenvalue weighted by molar-refractivity contribution is 7.98. The molecular formula is C15H25NOS. The van der Waals surface area contributed by atoms with Gasteiger partial charge in [0.1, 0.15) is 0 Å². The van der Waals surface area contributed by atoms with Crippen molar-refractivity contribution in [2.24, 2.45) is 0 Å². The SMILES string of the molecule is CCCC(NCC(C)(O)CSC)c1ccccc1. The van der Waals surface area contributed by atoms with Gasteiger partial charge in [0.25, 0.3) is 0 Å². The maximum atomic E-state index is 10.2. The quantitative estimate of drug-likeness (QED) is 0.758. The van der Waals surface area contributed by atoms with Gasteiger partial charge in [-0.25, -0.2) is 0 Å². The van der Waals surface area contributed by atoms with Crippen LogP contribution < -0.4 is 5.32 Å². The standard InChI is InChI=1S/C15H25NOS/c1-4-8-14(13-9-6-5-7-10-13)16-11-15(2,17)12-18-3/h5-7,9-10,14,16-17H,4,8,11-12H2,1-3H3. The third kappa shape index (κ3) is 5.42. The molecule has 2 nitrogen and oxygen atoms in total. The largest absolute Gasteiger partial charge is 0.388 e. The van der Waals surface area contributed by atoms with Gasteiger partial charge in [-0.1, -0.05) is 43.7 Å². The molecule has 0 amide bonds. The predicted molar refractivity (Wildman–Crippen MR) is 81.1 cm³/mol. The molecule has 2 N–H and O–H groups in total. The van der Waals surface area contributed by atoms with Crippen LogP contribution in [0.5, 0.6) is 0 Å². The van der Waals surface area contributed by atoms with Gasteiger partial charge in [0.2, 0.25) is 0 Å². The number of thioether (sulfide) groups is 1. The Morgan fingerprint density at radius 2 is 2.00 bits per heavy atom. The molecule has 0 aliphatic carbocycles. The minimum Gasteiger partial charge on any atom is -0.388 e. The number of aliphatic hydroxyl groups is 1. The first-order chi connectivity index (χ1) is 8.59. The van der Waals surface area contributed by atoms with Crippen LogP contribution in [0.4, 0.5) is 0 Å². The van der Waals surface area contributed by atoms with Gasteiger partial charge in [0, 0.05) is 18.3 Å². The molecule has 18 heavy (non-hydrogen) atoms. The normalized spacial score (nSPS) is 16.2. The summed E-state index contributed by atoms with van der Waals surface area (Å²) in [7, 11) is 0. The molecule has 0 aromatic heterocycles.